The van der Waals surface area contributed by atoms with Crippen LogP contribution in [0.1, 0.15) is 39.5 Å². The van der Waals surface area contributed by atoms with Crippen molar-refractivity contribution < 1.29 is 4.74 Å². The Labute approximate surface area is 98.0 Å². The summed E-state index contributed by atoms with van der Waals surface area (Å²) >= 11 is 5.20. The van der Waals surface area contributed by atoms with Crippen LogP contribution in [0.25, 0.3) is 0 Å². The molecule has 1 fully saturated rings. The van der Waals surface area contributed by atoms with Gasteiger partial charge in [0.2, 0.25) is 0 Å². The van der Waals surface area contributed by atoms with Crippen molar-refractivity contribution in [1.82, 2.24) is 10.6 Å². The molecule has 2 N–H and O–H groups in total. The first kappa shape index (κ1) is 12.7. The van der Waals surface area contributed by atoms with Gasteiger partial charge >= 0.3 is 0 Å². The molecule has 0 spiro atoms. The summed E-state index contributed by atoms with van der Waals surface area (Å²) in [5, 5.41) is 7.23. The van der Waals surface area contributed by atoms with Crippen molar-refractivity contribution in [3.8, 4) is 0 Å². The smallest absolute Gasteiger partial charge is 0.166 e. The van der Waals surface area contributed by atoms with Crippen LogP contribution in [0, 0.1) is 0 Å². The summed E-state index contributed by atoms with van der Waals surface area (Å²) in [7, 11) is 0. The molecule has 1 aliphatic heterocycles. The van der Waals surface area contributed by atoms with Crippen LogP contribution in [0.15, 0.2) is 0 Å². The van der Waals surface area contributed by atoms with Crippen LogP contribution in [0.4, 0.5) is 0 Å². The van der Waals surface area contributed by atoms with Gasteiger partial charge in [-0.05, 0) is 38.4 Å². The fourth-order valence-electron chi connectivity index (χ4n) is 1.79. The summed E-state index contributed by atoms with van der Waals surface area (Å²) in [4.78, 5) is 0. The van der Waals surface area contributed by atoms with Crippen molar-refractivity contribution >= 4 is 17.3 Å². The lowest BCUT2D eigenvalue weighted by Gasteiger charge is -2.17. The highest BCUT2D eigenvalue weighted by molar-refractivity contribution is 7.80. The summed E-state index contributed by atoms with van der Waals surface area (Å²) < 4.78 is 5.51. The van der Waals surface area contributed by atoms with Crippen molar-refractivity contribution in [2.45, 2.75) is 51.7 Å². The Morgan fingerprint density at radius 2 is 2.40 bits per heavy atom. The van der Waals surface area contributed by atoms with Gasteiger partial charge in [0.15, 0.2) is 5.11 Å². The standard InChI is InChI=1S/C11H22N2OS/c1-3-5-9(2)13-11(15)12-8-10-6-4-7-14-10/h9-10H,3-8H2,1-2H3,(H2,12,13,15). The van der Waals surface area contributed by atoms with E-state index in [4.69, 9.17) is 17.0 Å². The molecule has 0 amide bonds. The number of hydrogen-bond acceptors (Lipinski definition) is 2. The van der Waals surface area contributed by atoms with E-state index in [0.29, 0.717) is 12.1 Å². The molecule has 0 aromatic heterocycles. The third-order valence-corrected chi connectivity index (χ3v) is 2.88. The third kappa shape index (κ3) is 5.33. The lowest BCUT2D eigenvalue weighted by molar-refractivity contribution is 0.114. The second-order valence-corrected chi connectivity index (χ2v) is 4.59. The van der Waals surface area contributed by atoms with Crippen molar-refractivity contribution in [3.05, 3.63) is 0 Å². The molecule has 0 aromatic rings. The molecule has 0 saturated carbocycles. The highest BCUT2D eigenvalue weighted by Crippen LogP contribution is 2.10. The lowest BCUT2D eigenvalue weighted by atomic mass is 10.2. The van der Waals surface area contributed by atoms with Gasteiger partial charge in [-0.25, -0.2) is 0 Å². The van der Waals surface area contributed by atoms with Gasteiger partial charge in [-0.2, -0.15) is 0 Å². The molecule has 3 nitrogen and oxygen atoms in total. The summed E-state index contributed by atoms with van der Waals surface area (Å²) in [6.45, 7) is 6.08. The zero-order valence-corrected chi connectivity index (χ0v) is 10.5. The molecule has 1 rings (SSSR count). The molecule has 0 radical (unpaired) electrons. The highest BCUT2D eigenvalue weighted by Gasteiger charge is 2.15. The molecule has 0 bridgehead atoms. The van der Waals surface area contributed by atoms with E-state index >= 15 is 0 Å². The van der Waals surface area contributed by atoms with Gasteiger partial charge in [-0.1, -0.05) is 13.3 Å². The fraction of sp³-hybridized carbons (Fsp3) is 0.909. The Balaban J connectivity index is 2.07. The maximum atomic E-state index is 5.51. The van der Waals surface area contributed by atoms with Crippen LogP contribution in [0.5, 0.6) is 0 Å². The molecule has 2 unspecified atom stereocenters. The number of ether oxygens (including phenoxy) is 1. The zero-order valence-electron chi connectivity index (χ0n) is 9.71. The lowest BCUT2D eigenvalue weighted by Crippen LogP contribution is -2.43. The molecule has 88 valence electrons. The minimum Gasteiger partial charge on any atom is -0.376 e. The van der Waals surface area contributed by atoms with Crippen LogP contribution in [0.3, 0.4) is 0 Å². The summed E-state index contributed by atoms with van der Waals surface area (Å²) in [5.41, 5.74) is 0. The van der Waals surface area contributed by atoms with Crippen molar-refractivity contribution in [1.29, 1.82) is 0 Å². The van der Waals surface area contributed by atoms with Crippen LogP contribution in [-0.2, 0) is 4.74 Å². The van der Waals surface area contributed by atoms with E-state index in [2.05, 4.69) is 24.5 Å². The van der Waals surface area contributed by atoms with E-state index in [1.807, 2.05) is 0 Å². The van der Waals surface area contributed by atoms with Gasteiger partial charge < -0.3 is 15.4 Å². The Morgan fingerprint density at radius 1 is 1.60 bits per heavy atom. The average molecular weight is 230 g/mol. The van der Waals surface area contributed by atoms with Gasteiger partial charge in [-0.15, -0.1) is 0 Å². The van der Waals surface area contributed by atoms with E-state index in [-0.39, 0.29) is 0 Å². The average Bonchev–Trinajstić information content (AvgIpc) is 2.67. The van der Waals surface area contributed by atoms with E-state index in [9.17, 15) is 0 Å². The number of rotatable bonds is 5. The van der Waals surface area contributed by atoms with E-state index in [1.54, 1.807) is 0 Å². The molecule has 1 saturated heterocycles. The van der Waals surface area contributed by atoms with Gasteiger partial charge in [-0.3, -0.25) is 0 Å². The first-order valence-corrected chi connectivity index (χ1v) is 6.29. The molecule has 15 heavy (non-hydrogen) atoms. The Morgan fingerprint density at radius 3 is 3.00 bits per heavy atom. The Hall–Kier alpha value is -0.350. The summed E-state index contributed by atoms with van der Waals surface area (Å²) in [5.74, 6) is 0. The predicted octanol–water partition coefficient (Wildman–Crippen LogP) is 1.82. The third-order valence-electron chi connectivity index (χ3n) is 2.61. The normalized spacial score (nSPS) is 22.4. The van der Waals surface area contributed by atoms with Crippen molar-refractivity contribution in [2.75, 3.05) is 13.2 Å². The van der Waals surface area contributed by atoms with E-state index in [1.165, 1.54) is 12.8 Å². The number of nitrogens with one attached hydrogen (secondary N) is 2. The van der Waals surface area contributed by atoms with E-state index < -0.39 is 0 Å². The topological polar surface area (TPSA) is 33.3 Å². The van der Waals surface area contributed by atoms with Gasteiger partial charge in [0.05, 0.1) is 6.10 Å². The molecule has 0 aromatic carbocycles. The number of thiocarbonyl (C=S) groups is 1. The van der Waals surface area contributed by atoms with Crippen molar-refractivity contribution in [3.63, 3.8) is 0 Å². The van der Waals surface area contributed by atoms with E-state index in [0.717, 1.165) is 31.1 Å². The van der Waals surface area contributed by atoms with Gasteiger partial charge in [0.1, 0.15) is 0 Å². The van der Waals surface area contributed by atoms with Crippen LogP contribution in [0.2, 0.25) is 0 Å². The van der Waals surface area contributed by atoms with Gasteiger partial charge in [0.25, 0.3) is 0 Å². The molecule has 0 aliphatic carbocycles. The van der Waals surface area contributed by atoms with Crippen molar-refractivity contribution in [2.24, 2.45) is 0 Å². The highest BCUT2D eigenvalue weighted by atomic mass is 32.1. The molecule has 1 aliphatic rings. The summed E-state index contributed by atoms with van der Waals surface area (Å²) in [6, 6.07) is 0.458. The first-order valence-electron chi connectivity index (χ1n) is 5.88. The predicted molar refractivity (Wildman–Crippen MR) is 67.1 cm³/mol. The Bertz CT molecular complexity index is 193. The minimum atomic E-state index is 0.353. The zero-order chi connectivity index (χ0) is 11.1. The van der Waals surface area contributed by atoms with Crippen LogP contribution >= 0.6 is 12.2 Å². The molecule has 2 atom stereocenters. The largest absolute Gasteiger partial charge is 0.376 e. The maximum absolute atomic E-state index is 5.51. The molecule has 4 heteroatoms. The van der Waals surface area contributed by atoms with Crippen LogP contribution in [-0.4, -0.2) is 30.4 Å². The fourth-order valence-corrected chi connectivity index (χ4v) is 2.08. The SMILES string of the molecule is CCCC(C)NC(=S)NCC1CCCO1. The summed E-state index contributed by atoms with van der Waals surface area (Å²) in [6.07, 6.45) is 5.02. The molecule has 1 heterocycles. The Kier molecular flexibility index (Phi) is 5.95. The minimum absolute atomic E-state index is 0.353. The first-order chi connectivity index (χ1) is 7.22. The second kappa shape index (κ2) is 7.01. The molecular formula is C11H22N2OS. The van der Waals surface area contributed by atoms with Gasteiger partial charge in [0, 0.05) is 19.2 Å². The quantitative estimate of drug-likeness (QED) is 0.706. The second-order valence-electron chi connectivity index (χ2n) is 4.18. The number of hydrogen-bond donors (Lipinski definition) is 2. The molecular weight excluding hydrogens is 208 g/mol. The monoisotopic (exact) mass is 230 g/mol. The van der Waals surface area contributed by atoms with Crippen LogP contribution < -0.4 is 10.6 Å². The maximum Gasteiger partial charge on any atom is 0.166 e.